The number of carboxylic acids is 1. The first-order chi connectivity index (χ1) is 32.6. The number of ketones is 1. The predicted molar refractivity (Wildman–Crippen MR) is 252 cm³/mol. The Morgan fingerprint density at radius 1 is 0.721 bits per heavy atom. The number of benzene rings is 2. The van der Waals surface area contributed by atoms with Gasteiger partial charge in [0.25, 0.3) is 5.91 Å². The van der Waals surface area contributed by atoms with E-state index in [0.29, 0.717) is 56.1 Å². The standard InChI is InChI=1S/C50H71N7O11/c1-4-7-23-38(46(51)63)55-47(64)39(24-8-5-2)53-42(59)29-52-49(66)45(62)37(16-6-3)54-48(65)40-28-36(68-31-32-17-11-9-12-18-32)30-57(40)50(67)44(35-21-13-10-14-22-35)56-41(58)26-33-19-15-20-34(25-33)27-43(60)61/h9,11-12,15,17-20,25,35-40,44H,4-8,10,13-14,16,21-24,26-31H2,1-3H3,(H2,51,63)(H,52,66)(H,53,59)(H,54,65)(H,55,64)(H,56,58)(H,60,61). The van der Waals surface area contributed by atoms with Crippen LogP contribution >= 0.6 is 0 Å². The van der Waals surface area contributed by atoms with E-state index in [4.69, 9.17) is 10.5 Å². The van der Waals surface area contributed by atoms with Crippen LogP contribution in [0.4, 0.5) is 0 Å². The molecule has 2 aromatic carbocycles. The largest absolute Gasteiger partial charge is 0.481 e. The van der Waals surface area contributed by atoms with Crippen LogP contribution < -0.4 is 32.3 Å². The minimum Gasteiger partial charge on any atom is -0.481 e. The van der Waals surface area contributed by atoms with Crippen LogP contribution in [0, 0.1) is 5.92 Å². The first-order valence-electron chi connectivity index (χ1n) is 24.2. The van der Waals surface area contributed by atoms with Crippen LogP contribution in [-0.4, -0.2) is 113 Å². The number of aliphatic carboxylic acids is 1. The van der Waals surface area contributed by atoms with Gasteiger partial charge in [-0.1, -0.05) is 127 Å². The summed E-state index contributed by atoms with van der Waals surface area (Å²) in [5, 5.41) is 22.5. The van der Waals surface area contributed by atoms with Crippen molar-refractivity contribution in [2.75, 3.05) is 13.1 Å². The zero-order valence-corrected chi connectivity index (χ0v) is 39.7. The van der Waals surface area contributed by atoms with Gasteiger partial charge in [-0.05, 0) is 54.7 Å². The Hall–Kier alpha value is -6.17. The number of Topliss-reactive ketones (excluding diaryl/α,β-unsaturated/α-hetero) is 1. The summed E-state index contributed by atoms with van der Waals surface area (Å²) < 4.78 is 6.26. The number of ether oxygens (including phenoxy) is 1. The van der Waals surface area contributed by atoms with Crippen molar-refractivity contribution in [1.82, 2.24) is 31.5 Å². The number of unbranched alkanes of at least 4 members (excludes halogenated alkanes) is 2. The SMILES string of the molecule is CCCCC(NC(=O)C(CCCC)NC(=O)CNC(=O)C(=O)C(CCC)NC(=O)C1CC(OCc2ccccc2)CN1C(=O)C(NC(=O)Cc1cccc(CC(=O)O)c1)C1CCCCC1)C(N)=O. The summed E-state index contributed by atoms with van der Waals surface area (Å²) in [7, 11) is 0. The summed E-state index contributed by atoms with van der Waals surface area (Å²) in [6.07, 6.45) is 6.93. The number of primary amides is 1. The van der Waals surface area contributed by atoms with Gasteiger partial charge < -0.3 is 47.1 Å². The molecule has 0 radical (unpaired) electrons. The lowest BCUT2D eigenvalue weighted by Crippen LogP contribution is -2.58. The van der Waals surface area contributed by atoms with E-state index in [2.05, 4.69) is 26.6 Å². The molecule has 68 heavy (non-hydrogen) atoms. The van der Waals surface area contributed by atoms with Crippen molar-refractivity contribution in [1.29, 1.82) is 0 Å². The molecule has 1 heterocycles. The fraction of sp³-hybridized carbons (Fsp3) is 0.580. The fourth-order valence-corrected chi connectivity index (χ4v) is 8.78. The maximum Gasteiger partial charge on any atom is 0.307 e. The topological polar surface area (TPSA) is 272 Å². The van der Waals surface area contributed by atoms with Gasteiger partial charge in [0.2, 0.25) is 41.2 Å². The van der Waals surface area contributed by atoms with E-state index < -0.39 is 96.0 Å². The maximum absolute atomic E-state index is 14.8. The van der Waals surface area contributed by atoms with E-state index in [1.807, 2.05) is 44.2 Å². The molecule has 2 aliphatic rings. The summed E-state index contributed by atoms with van der Waals surface area (Å²) in [5.74, 6) is -7.04. The van der Waals surface area contributed by atoms with Crippen molar-refractivity contribution in [2.24, 2.45) is 11.7 Å². The highest BCUT2D eigenvalue weighted by atomic mass is 16.5. The molecule has 6 unspecified atom stereocenters. The Morgan fingerprint density at radius 2 is 1.37 bits per heavy atom. The average molecular weight is 946 g/mol. The molecule has 1 aliphatic carbocycles. The van der Waals surface area contributed by atoms with Gasteiger partial charge in [-0.15, -0.1) is 0 Å². The van der Waals surface area contributed by atoms with Gasteiger partial charge in [0, 0.05) is 13.0 Å². The van der Waals surface area contributed by atoms with Crippen molar-refractivity contribution in [2.45, 2.75) is 166 Å². The summed E-state index contributed by atoms with van der Waals surface area (Å²) in [5.41, 5.74) is 7.49. The van der Waals surface area contributed by atoms with E-state index in [9.17, 15) is 48.3 Å². The third-order valence-electron chi connectivity index (χ3n) is 12.4. The molecular formula is C50H71N7O11. The van der Waals surface area contributed by atoms with Gasteiger partial charge in [0.15, 0.2) is 0 Å². The first-order valence-corrected chi connectivity index (χ1v) is 24.2. The van der Waals surface area contributed by atoms with Crippen LogP contribution in [0.3, 0.4) is 0 Å². The first kappa shape index (κ1) is 54.4. The molecular weight excluding hydrogens is 875 g/mol. The molecule has 1 saturated heterocycles. The van der Waals surface area contributed by atoms with Gasteiger partial charge in [0.1, 0.15) is 24.2 Å². The number of nitrogens with two attached hydrogens (primary N) is 1. The molecule has 1 aliphatic heterocycles. The molecule has 2 fully saturated rings. The van der Waals surface area contributed by atoms with Gasteiger partial charge in [-0.2, -0.15) is 0 Å². The zero-order chi connectivity index (χ0) is 49.6. The highest BCUT2D eigenvalue weighted by Crippen LogP contribution is 2.30. The van der Waals surface area contributed by atoms with E-state index in [-0.39, 0.29) is 51.2 Å². The molecule has 8 N–H and O–H groups in total. The molecule has 18 heteroatoms. The summed E-state index contributed by atoms with van der Waals surface area (Å²) in [6.45, 7) is 5.17. The Morgan fingerprint density at radius 3 is 2.00 bits per heavy atom. The van der Waals surface area contributed by atoms with Crippen molar-refractivity contribution < 1.29 is 53.0 Å². The number of nitrogens with one attached hydrogen (secondary N) is 5. The zero-order valence-electron chi connectivity index (χ0n) is 39.7. The average Bonchev–Trinajstić information content (AvgIpc) is 3.76. The lowest BCUT2D eigenvalue weighted by Gasteiger charge is -2.35. The number of hydrogen-bond donors (Lipinski definition) is 7. The van der Waals surface area contributed by atoms with Crippen molar-refractivity contribution in [3.8, 4) is 0 Å². The van der Waals surface area contributed by atoms with Crippen LogP contribution in [0.25, 0.3) is 0 Å². The molecule has 6 atom stereocenters. The molecule has 0 spiro atoms. The minimum absolute atomic E-state index is 0.0151. The molecule has 0 aromatic heterocycles. The van der Waals surface area contributed by atoms with Crippen LogP contribution in [0.15, 0.2) is 54.6 Å². The van der Waals surface area contributed by atoms with E-state index in [0.717, 1.165) is 31.2 Å². The minimum atomic E-state index is -1.32. The summed E-state index contributed by atoms with van der Waals surface area (Å²) in [6, 6.07) is 10.7. The predicted octanol–water partition coefficient (Wildman–Crippen LogP) is 2.91. The van der Waals surface area contributed by atoms with Gasteiger partial charge in [-0.25, -0.2) is 0 Å². The van der Waals surface area contributed by atoms with E-state index in [1.165, 1.54) is 4.90 Å². The molecule has 1 saturated carbocycles. The number of hydrogen-bond acceptors (Lipinski definition) is 10. The number of nitrogens with zero attached hydrogens (tertiary/aromatic N) is 1. The third-order valence-corrected chi connectivity index (χ3v) is 12.4. The van der Waals surface area contributed by atoms with Crippen LogP contribution in [-0.2, 0) is 67.3 Å². The number of likely N-dealkylation sites (tertiary alicyclic amines) is 1. The molecule has 18 nitrogen and oxygen atoms in total. The molecule has 7 amide bonds. The number of amides is 7. The highest BCUT2D eigenvalue weighted by Gasteiger charge is 2.45. The number of carboxylic acid groups (broad SMARTS) is 1. The Kier molecular flexibility index (Phi) is 22.6. The van der Waals surface area contributed by atoms with Gasteiger partial charge in [0.05, 0.1) is 38.1 Å². The molecule has 2 aromatic rings. The lowest BCUT2D eigenvalue weighted by molar-refractivity contribution is -0.144. The maximum atomic E-state index is 14.8. The smallest absolute Gasteiger partial charge is 0.307 e. The second kappa shape index (κ2) is 28.2. The van der Waals surface area contributed by atoms with Gasteiger partial charge in [-0.3, -0.25) is 43.2 Å². The highest BCUT2D eigenvalue weighted by molar-refractivity contribution is 6.38. The second-order valence-electron chi connectivity index (χ2n) is 17.9. The molecule has 4 rings (SSSR count). The van der Waals surface area contributed by atoms with Crippen molar-refractivity contribution >= 4 is 53.1 Å². The Labute approximate surface area is 399 Å². The Balaban J connectivity index is 1.49. The molecule has 0 bridgehead atoms. The van der Waals surface area contributed by atoms with E-state index >= 15 is 0 Å². The van der Waals surface area contributed by atoms with Crippen molar-refractivity contribution in [3.05, 3.63) is 71.3 Å². The molecule has 372 valence electrons. The normalized spacial score (nSPS) is 17.7. The summed E-state index contributed by atoms with van der Waals surface area (Å²) in [4.78, 5) is 121. The number of rotatable bonds is 28. The second-order valence-corrected chi connectivity index (χ2v) is 17.9. The van der Waals surface area contributed by atoms with Crippen LogP contribution in [0.2, 0.25) is 0 Å². The number of carbonyl (C=O) groups excluding carboxylic acids is 8. The summed E-state index contributed by atoms with van der Waals surface area (Å²) >= 11 is 0. The quantitative estimate of drug-likeness (QED) is 0.0610. The van der Waals surface area contributed by atoms with E-state index in [1.54, 1.807) is 31.2 Å². The number of carbonyl (C=O) groups is 9. The fourth-order valence-electron chi connectivity index (χ4n) is 8.78. The lowest BCUT2D eigenvalue weighted by atomic mass is 9.83. The third kappa shape index (κ3) is 17.5. The van der Waals surface area contributed by atoms with Crippen molar-refractivity contribution in [3.63, 3.8) is 0 Å². The van der Waals surface area contributed by atoms with Crippen LogP contribution in [0.1, 0.15) is 127 Å². The monoisotopic (exact) mass is 946 g/mol. The van der Waals surface area contributed by atoms with Crippen LogP contribution in [0.5, 0.6) is 0 Å². The Bertz CT molecular complexity index is 2040. The van der Waals surface area contributed by atoms with Gasteiger partial charge >= 0.3 is 5.97 Å².